The fraction of sp³-hybridized carbons (Fsp3) is 0.348. The summed E-state index contributed by atoms with van der Waals surface area (Å²) in [6.45, 7) is 7.89. The molecule has 0 unspecified atom stereocenters. The predicted molar refractivity (Wildman–Crippen MR) is 132 cm³/mol. The molecule has 2 rings (SSSR count). The summed E-state index contributed by atoms with van der Waals surface area (Å²) in [4.78, 5) is 26.8. The lowest BCUT2D eigenvalue weighted by Gasteiger charge is -2.19. The van der Waals surface area contributed by atoms with Crippen LogP contribution in [0.25, 0.3) is 0 Å². The first-order chi connectivity index (χ1) is 14.9. The molecule has 2 aromatic carbocycles. The van der Waals surface area contributed by atoms with Crippen LogP contribution in [-0.2, 0) is 0 Å². The summed E-state index contributed by atoms with van der Waals surface area (Å²) in [5, 5.41) is 5.78. The maximum atomic E-state index is 12.6. The van der Waals surface area contributed by atoms with Crippen molar-refractivity contribution in [2.75, 3.05) is 25.0 Å². The molecule has 8 heteroatoms. The van der Waals surface area contributed by atoms with Crippen LogP contribution in [0.1, 0.15) is 54.3 Å². The Labute approximate surface area is 197 Å². The number of thiocarbonyl (C=S) groups is 1. The molecule has 0 aliphatic heterocycles. The fourth-order valence-corrected chi connectivity index (χ4v) is 3.55. The maximum absolute atomic E-state index is 12.6. The van der Waals surface area contributed by atoms with E-state index >= 15 is 0 Å². The van der Waals surface area contributed by atoms with Gasteiger partial charge in [0.05, 0.1) is 11.1 Å². The number of rotatable bonds is 9. The number of unbranched alkanes of at least 4 members (excludes halogenated alkanes) is 1. The van der Waals surface area contributed by atoms with Gasteiger partial charge in [0.15, 0.2) is 5.11 Å². The lowest BCUT2D eigenvalue weighted by Crippen LogP contribution is -2.34. The molecule has 0 saturated carbocycles. The molecular formula is C23H28BrN3O3S. The highest BCUT2D eigenvalue weighted by Crippen LogP contribution is 2.26. The number of benzene rings is 2. The molecule has 0 fully saturated rings. The Kier molecular flexibility index (Phi) is 9.94. The van der Waals surface area contributed by atoms with E-state index in [4.69, 9.17) is 17.0 Å². The van der Waals surface area contributed by atoms with Crippen LogP contribution in [0.2, 0.25) is 0 Å². The van der Waals surface area contributed by atoms with E-state index in [1.54, 1.807) is 47.4 Å². The molecule has 31 heavy (non-hydrogen) atoms. The molecule has 0 bridgehead atoms. The predicted octanol–water partition coefficient (Wildman–Crippen LogP) is 5.24. The van der Waals surface area contributed by atoms with Crippen LogP contribution >= 0.6 is 28.1 Å². The standard InChI is InChI=1S/C23H28BrN3O3S/c1-4-7-13-30-20-12-11-16(15-19(20)24)21(28)26-23(31)25-18-10-8-9-17(14-18)22(29)27(5-2)6-3/h8-12,14-15H,4-7,13H2,1-3H3,(H2,25,26,28,31). The van der Waals surface area contributed by atoms with E-state index in [0.717, 1.165) is 12.8 Å². The minimum atomic E-state index is -0.339. The highest BCUT2D eigenvalue weighted by molar-refractivity contribution is 9.10. The van der Waals surface area contributed by atoms with Crippen LogP contribution in [0.4, 0.5) is 5.69 Å². The first-order valence-electron chi connectivity index (χ1n) is 10.3. The van der Waals surface area contributed by atoms with E-state index in [0.29, 0.717) is 46.7 Å². The number of anilines is 1. The Hall–Kier alpha value is -2.45. The average Bonchev–Trinajstić information content (AvgIpc) is 2.75. The number of ether oxygens (including phenoxy) is 1. The lowest BCUT2D eigenvalue weighted by atomic mass is 10.1. The minimum Gasteiger partial charge on any atom is -0.492 e. The zero-order valence-corrected chi connectivity index (χ0v) is 20.4. The molecule has 0 atom stereocenters. The molecule has 2 N–H and O–H groups in total. The Balaban J connectivity index is 1.99. The van der Waals surface area contributed by atoms with Gasteiger partial charge in [-0.3, -0.25) is 14.9 Å². The molecular weight excluding hydrogens is 478 g/mol. The van der Waals surface area contributed by atoms with Crippen LogP contribution in [-0.4, -0.2) is 41.5 Å². The van der Waals surface area contributed by atoms with Crippen molar-refractivity contribution in [3.05, 3.63) is 58.1 Å². The Morgan fingerprint density at radius 3 is 2.45 bits per heavy atom. The van der Waals surface area contributed by atoms with E-state index in [9.17, 15) is 9.59 Å². The third kappa shape index (κ3) is 7.33. The van der Waals surface area contributed by atoms with Gasteiger partial charge >= 0.3 is 0 Å². The molecule has 2 aromatic rings. The maximum Gasteiger partial charge on any atom is 0.257 e. The minimum absolute atomic E-state index is 0.0466. The lowest BCUT2D eigenvalue weighted by molar-refractivity contribution is 0.0772. The van der Waals surface area contributed by atoms with Gasteiger partial charge in [0, 0.05) is 29.9 Å². The topological polar surface area (TPSA) is 70.7 Å². The first kappa shape index (κ1) is 24.8. The smallest absolute Gasteiger partial charge is 0.257 e. The van der Waals surface area contributed by atoms with Gasteiger partial charge in [0.1, 0.15) is 5.75 Å². The summed E-state index contributed by atoms with van der Waals surface area (Å²) in [7, 11) is 0. The summed E-state index contributed by atoms with van der Waals surface area (Å²) in [6.07, 6.45) is 2.02. The van der Waals surface area contributed by atoms with Gasteiger partial charge in [-0.2, -0.15) is 0 Å². The van der Waals surface area contributed by atoms with Crippen molar-refractivity contribution in [3.8, 4) is 5.75 Å². The van der Waals surface area contributed by atoms with Gasteiger partial charge in [-0.15, -0.1) is 0 Å². The van der Waals surface area contributed by atoms with Crippen LogP contribution in [0.3, 0.4) is 0 Å². The zero-order chi connectivity index (χ0) is 22.8. The molecule has 0 spiro atoms. The summed E-state index contributed by atoms with van der Waals surface area (Å²) < 4.78 is 6.39. The highest BCUT2D eigenvalue weighted by Gasteiger charge is 2.14. The molecule has 0 saturated heterocycles. The van der Waals surface area contributed by atoms with Crippen molar-refractivity contribution >= 4 is 50.8 Å². The van der Waals surface area contributed by atoms with E-state index < -0.39 is 0 Å². The molecule has 0 heterocycles. The van der Waals surface area contributed by atoms with E-state index in [1.807, 2.05) is 13.8 Å². The van der Waals surface area contributed by atoms with E-state index in [1.165, 1.54) is 0 Å². The van der Waals surface area contributed by atoms with Crippen LogP contribution in [0, 0.1) is 0 Å². The second kappa shape index (κ2) is 12.4. The number of carbonyl (C=O) groups is 2. The summed E-state index contributed by atoms with van der Waals surface area (Å²) in [5.74, 6) is 0.309. The normalized spacial score (nSPS) is 10.3. The number of carbonyl (C=O) groups excluding carboxylic acids is 2. The van der Waals surface area contributed by atoms with Gasteiger partial charge in [0.2, 0.25) is 0 Å². The number of nitrogens with zero attached hydrogens (tertiary/aromatic N) is 1. The van der Waals surface area contributed by atoms with Crippen molar-refractivity contribution in [2.45, 2.75) is 33.6 Å². The number of halogens is 1. The average molecular weight is 506 g/mol. The third-order valence-corrected chi connectivity index (χ3v) is 5.42. The van der Waals surface area contributed by atoms with Crippen molar-refractivity contribution in [1.82, 2.24) is 10.2 Å². The molecule has 0 radical (unpaired) electrons. The van der Waals surface area contributed by atoms with Crippen molar-refractivity contribution in [3.63, 3.8) is 0 Å². The molecule has 0 aromatic heterocycles. The van der Waals surface area contributed by atoms with Gasteiger partial charge in [-0.25, -0.2) is 0 Å². The van der Waals surface area contributed by atoms with Crippen LogP contribution in [0.5, 0.6) is 5.75 Å². The van der Waals surface area contributed by atoms with Gasteiger partial charge in [-0.1, -0.05) is 19.4 Å². The largest absolute Gasteiger partial charge is 0.492 e. The van der Waals surface area contributed by atoms with Crippen LogP contribution < -0.4 is 15.4 Å². The fourth-order valence-electron chi connectivity index (χ4n) is 2.85. The second-order valence-corrected chi connectivity index (χ2v) is 8.08. The number of hydrogen-bond donors (Lipinski definition) is 2. The Bertz CT molecular complexity index is 932. The summed E-state index contributed by atoms with van der Waals surface area (Å²) in [6, 6.07) is 12.2. The van der Waals surface area contributed by atoms with Crippen LogP contribution in [0.15, 0.2) is 46.9 Å². The Morgan fingerprint density at radius 2 is 1.81 bits per heavy atom. The summed E-state index contributed by atoms with van der Waals surface area (Å²) in [5.41, 5.74) is 1.64. The van der Waals surface area contributed by atoms with Gasteiger partial charge < -0.3 is 15.0 Å². The molecule has 2 amide bonds. The molecule has 0 aliphatic rings. The van der Waals surface area contributed by atoms with E-state index in [-0.39, 0.29) is 16.9 Å². The summed E-state index contributed by atoms with van der Waals surface area (Å²) >= 11 is 8.72. The molecule has 166 valence electrons. The molecule has 0 aliphatic carbocycles. The SMILES string of the molecule is CCCCOc1ccc(C(=O)NC(=S)Nc2cccc(C(=O)N(CC)CC)c2)cc1Br. The zero-order valence-electron chi connectivity index (χ0n) is 18.0. The molecule has 6 nitrogen and oxygen atoms in total. The highest BCUT2D eigenvalue weighted by atomic mass is 79.9. The quantitative estimate of drug-likeness (QED) is 0.360. The first-order valence-corrected chi connectivity index (χ1v) is 11.5. The van der Waals surface area contributed by atoms with Crippen molar-refractivity contribution < 1.29 is 14.3 Å². The van der Waals surface area contributed by atoms with Gasteiger partial charge in [-0.05, 0) is 84.8 Å². The number of nitrogens with one attached hydrogen (secondary N) is 2. The third-order valence-electron chi connectivity index (χ3n) is 4.59. The van der Waals surface area contributed by atoms with Gasteiger partial charge in [0.25, 0.3) is 11.8 Å². The second-order valence-electron chi connectivity index (χ2n) is 6.81. The van der Waals surface area contributed by atoms with Crippen molar-refractivity contribution in [1.29, 1.82) is 0 Å². The van der Waals surface area contributed by atoms with Crippen molar-refractivity contribution in [2.24, 2.45) is 0 Å². The number of amides is 2. The Morgan fingerprint density at radius 1 is 1.06 bits per heavy atom. The monoisotopic (exact) mass is 505 g/mol. The van der Waals surface area contributed by atoms with E-state index in [2.05, 4.69) is 33.5 Å². The number of hydrogen-bond acceptors (Lipinski definition) is 4.